The van der Waals surface area contributed by atoms with Crippen LogP contribution in [-0.4, -0.2) is 52.9 Å². The van der Waals surface area contributed by atoms with Crippen LogP contribution in [0.3, 0.4) is 0 Å². The van der Waals surface area contributed by atoms with Gasteiger partial charge in [-0.05, 0) is 48.5 Å². The standard InChI is InChI=1S/C19H23N3O5S/c1-14(23)20-15-5-11-18(12-6-15)28(25,26)22(13-19(24)21(2)3)16-7-9-17(27-4)10-8-16/h5-12H,13H2,1-4H3,(H,20,23). The number of carbonyl (C=O) groups is 2. The third-order valence-corrected chi connectivity index (χ3v) is 5.69. The Hall–Kier alpha value is -3.07. The molecule has 0 aliphatic rings. The van der Waals surface area contributed by atoms with E-state index >= 15 is 0 Å². The normalized spacial score (nSPS) is 10.9. The molecule has 0 aliphatic carbocycles. The quantitative estimate of drug-likeness (QED) is 0.759. The maximum absolute atomic E-state index is 13.2. The van der Waals surface area contributed by atoms with Gasteiger partial charge in [-0.2, -0.15) is 0 Å². The Kier molecular flexibility index (Phi) is 6.63. The molecule has 0 aliphatic heterocycles. The zero-order valence-corrected chi connectivity index (χ0v) is 17.0. The van der Waals surface area contributed by atoms with Crippen molar-refractivity contribution in [2.24, 2.45) is 0 Å². The van der Waals surface area contributed by atoms with Crippen molar-refractivity contribution in [3.05, 3.63) is 48.5 Å². The molecule has 0 heterocycles. The average Bonchev–Trinajstić information content (AvgIpc) is 2.65. The van der Waals surface area contributed by atoms with Crippen LogP contribution in [0.1, 0.15) is 6.92 Å². The van der Waals surface area contributed by atoms with Crippen molar-refractivity contribution < 1.29 is 22.7 Å². The van der Waals surface area contributed by atoms with Gasteiger partial charge in [-0.25, -0.2) is 8.42 Å². The van der Waals surface area contributed by atoms with E-state index in [0.717, 1.165) is 4.31 Å². The molecule has 0 unspecified atom stereocenters. The first-order valence-corrected chi connectivity index (χ1v) is 9.83. The van der Waals surface area contributed by atoms with Crippen molar-refractivity contribution in [1.29, 1.82) is 0 Å². The van der Waals surface area contributed by atoms with Gasteiger partial charge in [-0.15, -0.1) is 0 Å². The molecule has 1 N–H and O–H groups in total. The molecule has 0 spiro atoms. The molecule has 0 bridgehead atoms. The lowest BCUT2D eigenvalue weighted by atomic mass is 10.3. The number of carbonyl (C=O) groups excluding carboxylic acids is 2. The average molecular weight is 405 g/mol. The topological polar surface area (TPSA) is 96.0 Å². The van der Waals surface area contributed by atoms with Gasteiger partial charge in [0, 0.05) is 26.7 Å². The van der Waals surface area contributed by atoms with Crippen LogP contribution in [0.2, 0.25) is 0 Å². The molecule has 0 aromatic heterocycles. The number of anilines is 2. The minimum Gasteiger partial charge on any atom is -0.497 e. The van der Waals surface area contributed by atoms with Crippen molar-refractivity contribution in [3.8, 4) is 5.75 Å². The molecule has 2 aromatic carbocycles. The molecule has 9 heteroatoms. The first kappa shape index (κ1) is 21.2. The summed E-state index contributed by atoms with van der Waals surface area (Å²) in [7, 11) is 0.612. The van der Waals surface area contributed by atoms with Crippen LogP contribution in [0.25, 0.3) is 0 Å². The van der Waals surface area contributed by atoms with Gasteiger partial charge in [0.05, 0.1) is 17.7 Å². The largest absolute Gasteiger partial charge is 0.497 e. The van der Waals surface area contributed by atoms with E-state index in [9.17, 15) is 18.0 Å². The number of ether oxygens (including phenoxy) is 1. The number of methoxy groups -OCH3 is 1. The van der Waals surface area contributed by atoms with E-state index in [1.165, 1.54) is 43.2 Å². The van der Waals surface area contributed by atoms with Crippen LogP contribution in [0, 0.1) is 0 Å². The lowest BCUT2D eigenvalue weighted by Gasteiger charge is -2.25. The van der Waals surface area contributed by atoms with E-state index in [2.05, 4.69) is 5.32 Å². The number of nitrogens with one attached hydrogen (secondary N) is 1. The highest BCUT2D eigenvalue weighted by atomic mass is 32.2. The number of hydrogen-bond acceptors (Lipinski definition) is 5. The monoisotopic (exact) mass is 405 g/mol. The maximum atomic E-state index is 13.2. The lowest BCUT2D eigenvalue weighted by molar-refractivity contribution is -0.127. The molecule has 8 nitrogen and oxygen atoms in total. The second kappa shape index (κ2) is 8.75. The summed E-state index contributed by atoms with van der Waals surface area (Å²) in [4.78, 5) is 24.7. The van der Waals surface area contributed by atoms with Crippen LogP contribution in [0.4, 0.5) is 11.4 Å². The summed E-state index contributed by atoms with van der Waals surface area (Å²) in [6, 6.07) is 12.2. The molecule has 0 saturated heterocycles. The van der Waals surface area contributed by atoms with Gasteiger partial charge < -0.3 is 15.0 Å². The first-order valence-electron chi connectivity index (χ1n) is 8.39. The second-order valence-electron chi connectivity index (χ2n) is 6.20. The SMILES string of the molecule is COc1ccc(N(CC(=O)N(C)C)S(=O)(=O)c2ccc(NC(C)=O)cc2)cc1. The predicted octanol–water partition coefficient (Wildman–Crippen LogP) is 1.94. The number of hydrogen-bond donors (Lipinski definition) is 1. The summed E-state index contributed by atoms with van der Waals surface area (Å²) >= 11 is 0. The molecule has 0 saturated carbocycles. The van der Waals surface area contributed by atoms with Crippen LogP contribution in [-0.2, 0) is 19.6 Å². The maximum Gasteiger partial charge on any atom is 0.264 e. The fourth-order valence-corrected chi connectivity index (χ4v) is 3.78. The fourth-order valence-electron chi connectivity index (χ4n) is 2.37. The second-order valence-corrected chi connectivity index (χ2v) is 8.07. The van der Waals surface area contributed by atoms with Crippen LogP contribution < -0.4 is 14.4 Å². The van der Waals surface area contributed by atoms with Crippen molar-refractivity contribution in [1.82, 2.24) is 4.90 Å². The lowest BCUT2D eigenvalue weighted by Crippen LogP contribution is -2.40. The number of nitrogens with zero attached hydrogens (tertiary/aromatic N) is 2. The molecule has 0 fully saturated rings. The summed E-state index contributed by atoms with van der Waals surface area (Å²) in [6.07, 6.45) is 0. The molecule has 2 amide bonds. The molecular formula is C19H23N3O5S. The zero-order valence-electron chi connectivity index (χ0n) is 16.2. The van der Waals surface area contributed by atoms with E-state index in [-0.39, 0.29) is 23.3 Å². The number of sulfonamides is 1. The Morgan fingerprint density at radius 3 is 2.04 bits per heavy atom. The van der Waals surface area contributed by atoms with Crippen molar-refractivity contribution in [2.45, 2.75) is 11.8 Å². The number of benzene rings is 2. The van der Waals surface area contributed by atoms with Crippen LogP contribution >= 0.6 is 0 Å². The Balaban J connectivity index is 2.44. The number of amides is 2. The zero-order chi connectivity index (χ0) is 20.9. The third kappa shape index (κ3) is 5.01. The Morgan fingerprint density at radius 2 is 1.57 bits per heavy atom. The Bertz CT molecular complexity index is 939. The van der Waals surface area contributed by atoms with E-state index in [1.54, 1.807) is 38.4 Å². The highest BCUT2D eigenvalue weighted by Crippen LogP contribution is 2.26. The number of likely N-dealkylation sites (N-methyl/N-ethyl adjacent to an activating group) is 1. The summed E-state index contributed by atoms with van der Waals surface area (Å²) in [6.45, 7) is 1.01. The molecule has 0 radical (unpaired) electrons. The molecular weight excluding hydrogens is 382 g/mol. The summed E-state index contributed by atoms with van der Waals surface area (Å²) < 4.78 is 32.6. The highest BCUT2D eigenvalue weighted by Gasteiger charge is 2.27. The van der Waals surface area contributed by atoms with Gasteiger partial charge in [0.25, 0.3) is 10.0 Å². The van der Waals surface area contributed by atoms with E-state index < -0.39 is 10.0 Å². The van der Waals surface area contributed by atoms with Crippen LogP contribution in [0.15, 0.2) is 53.4 Å². The summed E-state index contributed by atoms with van der Waals surface area (Å²) in [5, 5.41) is 2.58. The van der Waals surface area contributed by atoms with Crippen molar-refractivity contribution >= 4 is 33.2 Å². The van der Waals surface area contributed by atoms with Gasteiger partial charge in [0.2, 0.25) is 11.8 Å². The molecule has 28 heavy (non-hydrogen) atoms. The van der Waals surface area contributed by atoms with Crippen molar-refractivity contribution in [2.75, 3.05) is 37.4 Å². The summed E-state index contributed by atoms with van der Waals surface area (Å²) in [5.74, 6) is -0.0546. The van der Waals surface area contributed by atoms with Crippen LogP contribution in [0.5, 0.6) is 5.75 Å². The molecule has 2 aromatic rings. The van der Waals surface area contributed by atoms with Gasteiger partial charge in [0.15, 0.2) is 0 Å². The summed E-state index contributed by atoms with van der Waals surface area (Å²) in [5.41, 5.74) is 0.814. The highest BCUT2D eigenvalue weighted by molar-refractivity contribution is 7.92. The minimum absolute atomic E-state index is 0.00368. The molecule has 150 valence electrons. The van der Waals surface area contributed by atoms with Gasteiger partial charge in [0.1, 0.15) is 12.3 Å². The van der Waals surface area contributed by atoms with Gasteiger partial charge in [-0.1, -0.05) is 0 Å². The minimum atomic E-state index is -4.02. The first-order chi connectivity index (χ1) is 13.1. The van der Waals surface area contributed by atoms with E-state index in [1.807, 2.05) is 0 Å². The third-order valence-electron chi connectivity index (χ3n) is 3.90. The molecule has 2 rings (SSSR count). The van der Waals surface area contributed by atoms with E-state index in [4.69, 9.17) is 4.74 Å². The smallest absolute Gasteiger partial charge is 0.264 e. The Labute approximate surface area is 164 Å². The van der Waals surface area contributed by atoms with Gasteiger partial charge >= 0.3 is 0 Å². The van der Waals surface area contributed by atoms with E-state index in [0.29, 0.717) is 17.1 Å². The molecule has 0 atom stereocenters. The van der Waals surface area contributed by atoms with Crippen molar-refractivity contribution in [3.63, 3.8) is 0 Å². The Morgan fingerprint density at radius 1 is 1.00 bits per heavy atom. The number of rotatable bonds is 7. The van der Waals surface area contributed by atoms with Gasteiger partial charge in [-0.3, -0.25) is 13.9 Å². The fraction of sp³-hybridized carbons (Fsp3) is 0.263. The predicted molar refractivity (Wildman–Crippen MR) is 107 cm³/mol.